The smallest absolute Gasteiger partial charge is 0.255 e. The Bertz CT molecular complexity index is 904. The third-order valence-corrected chi connectivity index (χ3v) is 6.12. The van der Waals surface area contributed by atoms with Gasteiger partial charge in [0.2, 0.25) is 11.8 Å². The summed E-state index contributed by atoms with van der Waals surface area (Å²) in [5, 5.41) is 3.88. The third-order valence-electron chi connectivity index (χ3n) is 6.12. The van der Waals surface area contributed by atoms with E-state index in [1.807, 2.05) is 28.9 Å². The summed E-state index contributed by atoms with van der Waals surface area (Å²) in [6.07, 6.45) is 4.97. The first-order valence-electron chi connectivity index (χ1n) is 11.1. The van der Waals surface area contributed by atoms with Gasteiger partial charge in [-0.3, -0.25) is 14.6 Å². The molecule has 2 aliphatic heterocycles. The number of aryl methyl sites for hydroxylation is 2. The molecule has 0 aliphatic carbocycles. The maximum Gasteiger partial charge on any atom is 0.255 e. The molecule has 2 saturated heterocycles. The van der Waals surface area contributed by atoms with Crippen LogP contribution in [-0.4, -0.2) is 81.4 Å². The van der Waals surface area contributed by atoms with Crippen LogP contribution in [0.25, 0.3) is 0 Å². The van der Waals surface area contributed by atoms with E-state index in [0.717, 1.165) is 51.3 Å². The van der Waals surface area contributed by atoms with Crippen molar-refractivity contribution in [1.82, 2.24) is 29.8 Å². The molecule has 166 valence electrons. The lowest BCUT2D eigenvalue weighted by Gasteiger charge is -2.32. The monoisotopic (exact) mass is 426 g/mol. The summed E-state index contributed by atoms with van der Waals surface area (Å²) in [5.41, 5.74) is 1.44. The van der Waals surface area contributed by atoms with E-state index in [4.69, 9.17) is 4.52 Å². The number of carbonyl (C=O) groups excluding carboxylic acids is 2. The molecule has 0 aromatic carbocycles. The van der Waals surface area contributed by atoms with E-state index in [0.29, 0.717) is 36.5 Å². The minimum Gasteiger partial charge on any atom is -0.339 e. The molecule has 31 heavy (non-hydrogen) atoms. The van der Waals surface area contributed by atoms with E-state index < -0.39 is 0 Å². The summed E-state index contributed by atoms with van der Waals surface area (Å²) in [6, 6.07) is 3.69. The predicted octanol–water partition coefficient (Wildman–Crippen LogP) is 1.71. The number of hydrogen-bond acceptors (Lipinski definition) is 7. The molecule has 0 saturated carbocycles. The van der Waals surface area contributed by atoms with E-state index in [9.17, 15) is 9.59 Å². The first kappa shape index (κ1) is 21.4. The molecule has 2 aromatic rings. The fourth-order valence-electron chi connectivity index (χ4n) is 4.19. The van der Waals surface area contributed by atoms with Gasteiger partial charge in [-0.15, -0.1) is 0 Å². The number of piperazine rings is 1. The number of hydrogen-bond donors (Lipinski definition) is 0. The van der Waals surface area contributed by atoms with Crippen LogP contribution in [0, 0.1) is 0 Å². The Kier molecular flexibility index (Phi) is 6.60. The minimum atomic E-state index is -0.0471. The first-order chi connectivity index (χ1) is 15.0. The van der Waals surface area contributed by atoms with Gasteiger partial charge in [-0.2, -0.15) is 4.98 Å². The molecule has 9 heteroatoms. The van der Waals surface area contributed by atoms with Crippen molar-refractivity contribution in [3.8, 4) is 0 Å². The Hall–Kier alpha value is -2.81. The topological polar surface area (TPSA) is 95.7 Å². The van der Waals surface area contributed by atoms with Crippen LogP contribution in [0.5, 0.6) is 0 Å². The zero-order valence-corrected chi connectivity index (χ0v) is 18.3. The molecular formula is C22H30N6O3. The molecule has 2 fully saturated rings. The van der Waals surface area contributed by atoms with Crippen LogP contribution >= 0.6 is 0 Å². The number of likely N-dealkylation sites (tertiary alicyclic amines) is 1. The van der Waals surface area contributed by atoms with E-state index in [-0.39, 0.29) is 17.9 Å². The molecule has 0 unspecified atom stereocenters. The number of aromatic nitrogens is 3. The van der Waals surface area contributed by atoms with E-state index >= 15 is 0 Å². The van der Waals surface area contributed by atoms with Crippen molar-refractivity contribution in [3.63, 3.8) is 0 Å². The van der Waals surface area contributed by atoms with Crippen molar-refractivity contribution in [2.45, 2.75) is 45.1 Å². The van der Waals surface area contributed by atoms with Crippen molar-refractivity contribution in [3.05, 3.63) is 41.3 Å². The highest BCUT2D eigenvalue weighted by Gasteiger charge is 2.31. The molecule has 1 atom stereocenters. The summed E-state index contributed by atoms with van der Waals surface area (Å²) < 4.78 is 5.19. The molecule has 0 spiro atoms. The Morgan fingerprint density at radius 1 is 1.16 bits per heavy atom. The summed E-state index contributed by atoms with van der Waals surface area (Å²) in [6.45, 7) is 5.94. The third kappa shape index (κ3) is 4.92. The van der Waals surface area contributed by atoms with Crippen molar-refractivity contribution < 1.29 is 14.1 Å². The van der Waals surface area contributed by atoms with Crippen molar-refractivity contribution >= 4 is 11.8 Å². The quantitative estimate of drug-likeness (QED) is 0.694. The maximum atomic E-state index is 12.8. The lowest BCUT2D eigenvalue weighted by Crippen LogP contribution is -2.47. The lowest BCUT2D eigenvalue weighted by atomic mass is 10.1. The zero-order chi connectivity index (χ0) is 21.8. The second-order valence-electron chi connectivity index (χ2n) is 8.27. The molecule has 4 rings (SSSR count). The predicted molar refractivity (Wildman–Crippen MR) is 113 cm³/mol. The van der Waals surface area contributed by atoms with Gasteiger partial charge in [-0.1, -0.05) is 12.1 Å². The highest BCUT2D eigenvalue weighted by atomic mass is 16.5. The maximum absolute atomic E-state index is 12.8. The standard InChI is InChI=1S/C22H30N6O3/c1-3-19-24-20(31-25-19)8-9-21(29)28-10-4-5-18(28)17-7-6-16(15-23-17)22(30)27-13-11-26(2)12-14-27/h6-7,15,18H,3-5,8-14H2,1-2H3/t18-/m1/s1. The van der Waals surface area contributed by atoms with Gasteiger partial charge < -0.3 is 19.2 Å². The van der Waals surface area contributed by atoms with Crippen molar-refractivity contribution in [1.29, 1.82) is 0 Å². The summed E-state index contributed by atoms with van der Waals surface area (Å²) in [7, 11) is 2.07. The van der Waals surface area contributed by atoms with Gasteiger partial charge in [0.25, 0.3) is 5.91 Å². The van der Waals surface area contributed by atoms with Gasteiger partial charge in [-0.25, -0.2) is 0 Å². The average molecular weight is 427 g/mol. The largest absolute Gasteiger partial charge is 0.339 e. The summed E-state index contributed by atoms with van der Waals surface area (Å²) >= 11 is 0. The molecule has 0 radical (unpaired) electrons. The number of amides is 2. The van der Waals surface area contributed by atoms with Crippen LogP contribution in [0.15, 0.2) is 22.9 Å². The van der Waals surface area contributed by atoms with Crippen molar-refractivity contribution in [2.75, 3.05) is 39.8 Å². The number of rotatable bonds is 6. The van der Waals surface area contributed by atoms with Crippen LogP contribution in [0.1, 0.15) is 60.0 Å². The number of nitrogens with zero attached hydrogens (tertiary/aromatic N) is 6. The van der Waals surface area contributed by atoms with E-state index in [1.165, 1.54) is 0 Å². The molecule has 2 amide bonds. The number of pyridine rings is 1. The lowest BCUT2D eigenvalue weighted by molar-refractivity contribution is -0.132. The van der Waals surface area contributed by atoms with Gasteiger partial charge in [-0.05, 0) is 32.0 Å². The SMILES string of the molecule is CCc1noc(CCC(=O)N2CCC[C@@H]2c2ccc(C(=O)N3CCN(C)CC3)cn2)n1. The second-order valence-corrected chi connectivity index (χ2v) is 8.27. The van der Waals surface area contributed by atoms with Crippen LogP contribution < -0.4 is 0 Å². The Balaban J connectivity index is 1.36. The van der Waals surface area contributed by atoms with Crippen LogP contribution in [0.4, 0.5) is 0 Å². The molecule has 2 aliphatic rings. The first-order valence-corrected chi connectivity index (χ1v) is 11.1. The van der Waals surface area contributed by atoms with E-state index in [1.54, 1.807) is 6.20 Å². The summed E-state index contributed by atoms with van der Waals surface area (Å²) in [4.78, 5) is 40.4. The minimum absolute atomic E-state index is 0.0255. The molecule has 0 N–H and O–H groups in total. The van der Waals surface area contributed by atoms with Crippen LogP contribution in [-0.2, 0) is 17.6 Å². The number of carbonyl (C=O) groups is 2. The van der Waals surface area contributed by atoms with Gasteiger partial charge in [0, 0.05) is 58.2 Å². The average Bonchev–Trinajstić information content (AvgIpc) is 3.47. The van der Waals surface area contributed by atoms with Gasteiger partial charge >= 0.3 is 0 Å². The van der Waals surface area contributed by atoms with E-state index in [2.05, 4.69) is 27.1 Å². The normalized spacial score (nSPS) is 19.7. The molecule has 9 nitrogen and oxygen atoms in total. The van der Waals surface area contributed by atoms with Gasteiger partial charge in [0.05, 0.1) is 17.3 Å². The fourth-order valence-corrected chi connectivity index (χ4v) is 4.19. The Labute approximate surface area is 182 Å². The van der Waals surface area contributed by atoms with Crippen molar-refractivity contribution in [2.24, 2.45) is 0 Å². The summed E-state index contributed by atoms with van der Waals surface area (Å²) in [5.74, 6) is 1.26. The van der Waals surface area contributed by atoms with Gasteiger partial charge in [0.1, 0.15) is 0 Å². The second kappa shape index (κ2) is 9.55. The molecule has 0 bridgehead atoms. The fraction of sp³-hybridized carbons (Fsp3) is 0.591. The Morgan fingerprint density at radius 3 is 2.65 bits per heavy atom. The van der Waals surface area contributed by atoms with Crippen LogP contribution in [0.2, 0.25) is 0 Å². The molecule has 2 aromatic heterocycles. The van der Waals surface area contributed by atoms with Crippen LogP contribution in [0.3, 0.4) is 0 Å². The Morgan fingerprint density at radius 2 is 1.97 bits per heavy atom. The molecular weight excluding hydrogens is 396 g/mol. The zero-order valence-electron chi connectivity index (χ0n) is 18.3. The molecule has 4 heterocycles. The highest BCUT2D eigenvalue weighted by Crippen LogP contribution is 2.31. The number of likely N-dealkylation sites (N-methyl/N-ethyl adjacent to an activating group) is 1. The van der Waals surface area contributed by atoms with Gasteiger partial charge in [0.15, 0.2) is 5.82 Å². The highest BCUT2D eigenvalue weighted by molar-refractivity contribution is 5.94.